The van der Waals surface area contributed by atoms with Crippen LogP contribution in [0.25, 0.3) is 11.3 Å². The second kappa shape index (κ2) is 9.30. The highest BCUT2D eigenvalue weighted by Gasteiger charge is 2.31. The Morgan fingerprint density at radius 3 is 2.72 bits per heavy atom. The molecule has 2 N–H and O–H groups in total. The molecule has 32 heavy (non-hydrogen) atoms. The van der Waals surface area contributed by atoms with E-state index in [4.69, 9.17) is 0 Å². The third-order valence-electron chi connectivity index (χ3n) is 4.52. The molecule has 0 saturated carbocycles. The van der Waals surface area contributed by atoms with Gasteiger partial charge in [-0.2, -0.15) is 28.1 Å². The van der Waals surface area contributed by atoms with Gasteiger partial charge in [0.2, 0.25) is 0 Å². The Morgan fingerprint density at radius 1 is 1.34 bits per heavy atom. The largest absolute Gasteiger partial charge is 0.416 e. The Balaban J connectivity index is 2.09. The molecule has 2 heterocycles. The third kappa shape index (κ3) is 5.19. The quantitative estimate of drug-likeness (QED) is 0.651. The average Bonchev–Trinajstić information content (AvgIpc) is 3.01. The number of nitrogens with zero attached hydrogens (tertiary/aromatic N) is 4. The molecule has 0 spiro atoms. The first kappa shape index (κ1) is 23.1. The normalized spacial score (nSPS) is 15.1. The summed E-state index contributed by atoms with van der Waals surface area (Å²) >= 11 is 0. The molecule has 1 aliphatic rings. The van der Waals surface area contributed by atoms with E-state index in [9.17, 15) is 32.3 Å². The number of halogens is 4. The first-order valence-electron chi connectivity index (χ1n) is 9.40. The van der Waals surface area contributed by atoms with Crippen LogP contribution in [0.5, 0.6) is 0 Å². The highest BCUT2D eigenvalue weighted by molar-refractivity contribution is 5.94. The second-order valence-corrected chi connectivity index (χ2v) is 6.97. The van der Waals surface area contributed by atoms with Gasteiger partial charge in [-0.25, -0.2) is 4.39 Å². The van der Waals surface area contributed by atoms with Crippen molar-refractivity contribution in [1.82, 2.24) is 24.9 Å². The van der Waals surface area contributed by atoms with Gasteiger partial charge in [-0.05, 0) is 24.1 Å². The van der Waals surface area contributed by atoms with Crippen molar-refractivity contribution in [3.63, 3.8) is 0 Å². The number of carbonyl (C=O) groups is 1. The molecule has 0 aromatic carbocycles. The number of hydrogen-bond acceptors (Lipinski definition) is 5. The number of amides is 1. The summed E-state index contributed by atoms with van der Waals surface area (Å²) in [5, 5.41) is 19.8. The summed E-state index contributed by atoms with van der Waals surface area (Å²) in [6.45, 7) is -1.52. The van der Waals surface area contributed by atoms with Crippen LogP contribution in [0.15, 0.2) is 53.1 Å². The molecule has 12 heteroatoms. The maximum absolute atomic E-state index is 13.0. The fourth-order valence-corrected chi connectivity index (χ4v) is 2.87. The molecule has 0 fully saturated rings. The number of nitrogens with one attached hydrogen (secondary N) is 1. The van der Waals surface area contributed by atoms with Crippen LogP contribution in [0.4, 0.5) is 17.6 Å². The van der Waals surface area contributed by atoms with Crippen LogP contribution < -0.4 is 10.9 Å². The minimum atomic E-state index is -4.54. The number of alkyl halides is 4. The predicted molar refractivity (Wildman–Crippen MR) is 107 cm³/mol. The Labute approximate surface area is 179 Å². The van der Waals surface area contributed by atoms with Crippen molar-refractivity contribution in [2.75, 3.05) is 13.2 Å². The molecular weight excluding hydrogens is 434 g/mol. The van der Waals surface area contributed by atoms with Crippen LogP contribution in [0.3, 0.4) is 0 Å². The summed E-state index contributed by atoms with van der Waals surface area (Å²) in [4.78, 5) is 25.5. The van der Waals surface area contributed by atoms with Crippen molar-refractivity contribution in [2.45, 2.75) is 18.7 Å². The van der Waals surface area contributed by atoms with Crippen molar-refractivity contribution in [1.29, 1.82) is 0 Å². The van der Waals surface area contributed by atoms with E-state index in [1.165, 1.54) is 29.2 Å². The zero-order valence-corrected chi connectivity index (χ0v) is 16.8. The van der Waals surface area contributed by atoms with Gasteiger partial charge in [0.05, 0.1) is 29.8 Å². The van der Waals surface area contributed by atoms with Gasteiger partial charge >= 0.3 is 6.18 Å². The van der Waals surface area contributed by atoms with Gasteiger partial charge in [-0.1, -0.05) is 18.2 Å². The molecule has 3 rings (SSSR count). The number of carbonyl (C=O) groups excluding carboxylic acids is 1. The van der Waals surface area contributed by atoms with Crippen molar-refractivity contribution < 1.29 is 27.5 Å². The van der Waals surface area contributed by atoms with E-state index in [1.807, 2.05) is 0 Å². The van der Waals surface area contributed by atoms with Gasteiger partial charge in [-0.15, -0.1) is 0 Å². The van der Waals surface area contributed by atoms with Crippen molar-refractivity contribution >= 4 is 11.5 Å². The maximum Gasteiger partial charge on any atom is 0.416 e. The Bertz CT molecular complexity index is 1160. The predicted octanol–water partition coefficient (Wildman–Crippen LogP) is 1.86. The molecule has 0 bridgehead atoms. The average molecular weight is 453 g/mol. The highest BCUT2D eigenvalue weighted by atomic mass is 19.4. The zero-order chi connectivity index (χ0) is 23.5. The van der Waals surface area contributed by atoms with Crippen LogP contribution in [-0.2, 0) is 7.05 Å². The standard InChI is InChI=1S/C20H19F4N5O3/c1-28-11-14(9-26-28)29-19(32)16(18(31)25-10-15(30)8-21)7-17(27-29)12-3-2-4-13(6-5-12)20(22,23)24/h2,4-7,9,11,15,30H,3,8,10H2,1H3,(H,25,31)/t15-/m1/s1. The molecule has 1 atom stereocenters. The number of aliphatic hydroxyl groups excluding tert-OH is 1. The highest BCUT2D eigenvalue weighted by Crippen LogP contribution is 2.30. The fourth-order valence-electron chi connectivity index (χ4n) is 2.87. The molecule has 1 aliphatic carbocycles. The number of allylic oxidation sites excluding steroid dienone is 6. The second-order valence-electron chi connectivity index (χ2n) is 6.97. The van der Waals surface area contributed by atoms with Crippen molar-refractivity contribution in [3.8, 4) is 5.69 Å². The first-order valence-corrected chi connectivity index (χ1v) is 9.40. The summed E-state index contributed by atoms with van der Waals surface area (Å²) in [6.07, 6.45) is 1.23. The van der Waals surface area contributed by atoms with E-state index in [2.05, 4.69) is 15.5 Å². The van der Waals surface area contributed by atoms with E-state index in [0.29, 0.717) is 5.57 Å². The third-order valence-corrected chi connectivity index (χ3v) is 4.52. The van der Waals surface area contributed by atoms with Gasteiger partial charge < -0.3 is 10.4 Å². The maximum atomic E-state index is 13.0. The van der Waals surface area contributed by atoms with E-state index in [0.717, 1.165) is 22.9 Å². The molecule has 0 saturated heterocycles. The molecule has 0 unspecified atom stereocenters. The minimum absolute atomic E-state index is 0.0654. The van der Waals surface area contributed by atoms with E-state index < -0.39 is 42.5 Å². The molecular formula is C20H19F4N5O3. The topological polar surface area (TPSA) is 102 Å². The zero-order valence-electron chi connectivity index (χ0n) is 16.8. The van der Waals surface area contributed by atoms with Crippen LogP contribution in [-0.4, -0.2) is 56.1 Å². The molecule has 2 aromatic heterocycles. The Hall–Kier alpha value is -3.54. The van der Waals surface area contributed by atoms with Crippen molar-refractivity contribution in [2.24, 2.45) is 7.05 Å². The fraction of sp³-hybridized carbons (Fsp3) is 0.300. The number of hydrogen-bond donors (Lipinski definition) is 2. The summed E-state index contributed by atoms with van der Waals surface area (Å²) in [5.41, 5.74) is -1.39. The lowest BCUT2D eigenvalue weighted by Crippen LogP contribution is -2.38. The molecule has 8 nitrogen and oxygen atoms in total. The van der Waals surface area contributed by atoms with E-state index >= 15 is 0 Å². The van der Waals surface area contributed by atoms with Crippen LogP contribution in [0.1, 0.15) is 22.5 Å². The lowest BCUT2D eigenvalue weighted by atomic mass is 10.1. The molecule has 170 valence electrons. The summed E-state index contributed by atoms with van der Waals surface area (Å²) in [6, 6.07) is 1.15. The van der Waals surface area contributed by atoms with Crippen LogP contribution in [0, 0.1) is 0 Å². The smallest absolute Gasteiger partial charge is 0.389 e. The lowest BCUT2D eigenvalue weighted by molar-refractivity contribution is -0.0881. The monoisotopic (exact) mass is 453 g/mol. The summed E-state index contributed by atoms with van der Waals surface area (Å²) < 4.78 is 53.9. The van der Waals surface area contributed by atoms with Gasteiger partial charge in [0.15, 0.2) is 0 Å². The first-order chi connectivity index (χ1) is 15.1. The Kier molecular flexibility index (Phi) is 6.72. The van der Waals surface area contributed by atoms with Gasteiger partial charge in [0.25, 0.3) is 11.5 Å². The minimum Gasteiger partial charge on any atom is -0.389 e. The summed E-state index contributed by atoms with van der Waals surface area (Å²) in [5.74, 6) is -0.889. The van der Waals surface area contributed by atoms with Gasteiger partial charge in [0, 0.05) is 13.6 Å². The number of aryl methyl sites for hydroxylation is 1. The van der Waals surface area contributed by atoms with Crippen LogP contribution in [0.2, 0.25) is 0 Å². The van der Waals surface area contributed by atoms with Crippen molar-refractivity contribution in [3.05, 3.63) is 69.9 Å². The molecule has 0 radical (unpaired) electrons. The summed E-state index contributed by atoms with van der Waals surface area (Å²) in [7, 11) is 1.60. The molecule has 2 aromatic rings. The van der Waals surface area contributed by atoms with Gasteiger partial charge in [-0.3, -0.25) is 14.3 Å². The number of aromatic nitrogens is 4. The van der Waals surface area contributed by atoms with E-state index in [1.54, 1.807) is 7.05 Å². The van der Waals surface area contributed by atoms with Crippen LogP contribution >= 0.6 is 0 Å². The van der Waals surface area contributed by atoms with E-state index in [-0.39, 0.29) is 23.4 Å². The molecule has 1 amide bonds. The molecule has 0 aliphatic heterocycles. The number of rotatable bonds is 6. The Morgan fingerprint density at radius 2 is 2.09 bits per heavy atom. The lowest BCUT2D eigenvalue weighted by Gasteiger charge is -2.12. The van der Waals surface area contributed by atoms with Gasteiger partial charge in [0.1, 0.15) is 17.9 Å². The number of aliphatic hydroxyl groups is 1. The SMILES string of the molecule is Cn1cc(-n2nc(C3=CC=C(C(F)(F)F)C=CC3)cc(C(=O)NC[C@H](O)CF)c2=O)cn1.